The van der Waals surface area contributed by atoms with Crippen molar-refractivity contribution in [2.75, 3.05) is 0 Å². The van der Waals surface area contributed by atoms with Crippen molar-refractivity contribution < 1.29 is 25.8 Å². The Morgan fingerprint density at radius 1 is 1.05 bits per heavy atom. The molecule has 0 atom stereocenters. The van der Waals surface area contributed by atoms with Crippen LogP contribution in [0, 0.1) is 5.82 Å². The number of benzene rings is 2. The minimum absolute atomic E-state index is 0.0244. The van der Waals surface area contributed by atoms with Gasteiger partial charge in [-0.2, -0.15) is 8.42 Å². The molecule has 0 saturated heterocycles. The first kappa shape index (κ1) is 16.8. The molecule has 0 aromatic heterocycles. The summed E-state index contributed by atoms with van der Waals surface area (Å²) < 4.78 is 68.8. The van der Waals surface area contributed by atoms with Gasteiger partial charge in [-0.25, -0.2) is 17.9 Å². The fourth-order valence-electron chi connectivity index (χ4n) is 1.90. The standard InChI is InChI=1S/C12H9ClFNO5S2/c13-8-6-7(4-5-9(8)14)12-10(21(15,16)17)2-1-3-11(12)22(18,19)20/h1-6H,(H2,15,16,17)(H,18,19,20). The van der Waals surface area contributed by atoms with Crippen molar-refractivity contribution >= 4 is 31.7 Å². The highest BCUT2D eigenvalue weighted by Gasteiger charge is 2.25. The Labute approximate surface area is 131 Å². The monoisotopic (exact) mass is 365 g/mol. The Hall–Kier alpha value is -1.52. The molecule has 2 aromatic rings. The zero-order valence-corrected chi connectivity index (χ0v) is 13.1. The molecule has 118 valence electrons. The highest BCUT2D eigenvalue weighted by Crippen LogP contribution is 2.34. The number of rotatable bonds is 3. The van der Waals surface area contributed by atoms with E-state index in [1.807, 2.05) is 0 Å². The molecule has 0 radical (unpaired) electrons. The van der Waals surface area contributed by atoms with Gasteiger partial charge in [0.25, 0.3) is 10.1 Å². The maximum Gasteiger partial charge on any atom is 0.295 e. The molecule has 0 bridgehead atoms. The summed E-state index contributed by atoms with van der Waals surface area (Å²) in [5.74, 6) is -0.771. The van der Waals surface area contributed by atoms with E-state index < -0.39 is 35.7 Å². The molecule has 3 N–H and O–H groups in total. The molecule has 0 heterocycles. The predicted molar refractivity (Wildman–Crippen MR) is 78.0 cm³/mol. The van der Waals surface area contributed by atoms with Crippen LogP contribution in [0.1, 0.15) is 0 Å². The van der Waals surface area contributed by atoms with Gasteiger partial charge in [-0.1, -0.05) is 23.7 Å². The molecule has 0 aliphatic carbocycles. The second-order valence-electron chi connectivity index (χ2n) is 4.28. The first-order chi connectivity index (χ1) is 10.0. The SMILES string of the molecule is NS(=O)(=O)c1cccc(S(=O)(=O)O)c1-c1ccc(F)c(Cl)c1. The van der Waals surface area contributed by atoms with Crippen molar-refractivity contribution in [2.24, 2.45) is 5.14 Å². The van der Waals surface area contributed by atoms with Crippen LogP contribution in [-0.4, -0.2) is 21.4 Å². The zero-order chi connectivity index (χ0) is 16.7. The average Bonchev–Trinajstić information content (AvgIpc) is 2.39. The number of primary sulfonamides is 1. The zero-order valence-electron chi connectivity index (χ0n) is 10.7. The average molecular weight is 366 g/mol. The third-order valence-electron chi connectivity index (χ3n) is 2.78. The fraction of sp³-hybridized carbons (Fsp3) is 0. The maximum atomic E-state index is 13.2. The van der Waals surface area contributed by atoms with Crippen molar-refractivity contribution in [3.05, 3.63) is 47.2 Å². The third kappa shape index (κ3) is 3.28. The minimum Gasteiger partial charge on any atom is -0.282 e. The molecule has 2 rings (SSSR count). The minimum atomic E-state index is -4.74. The predicted octanol–water partition coefficient (Wildman–Crippen LogP) is 2.04. The van der Waals surface area contributed by atoms with Gasteiger partial charge in [0.05, 0.1) is 9.92 Å². The third-order valence-corrected chi connectivity index (χ3v) is 4.92. The van der Waals surface area contributed by atoms with Gasteiger partial charge in [0.2, 0.25) is 10.0 Å². The van der Waals surface area contributed by atoms with Crippen molar-refractivity contribution in [3.8, 4) is 11.1 Å². The summed E-state index contributed by atoms with van der Waals surface area (Å²) in [5, 5.41) is 4.72. The lowest BCUT2D eigenvalue weighted by Gasteiger charge is -2.12. The van der Waals surface area contributed by atoms with Crippen LogP contribution in [0.5, 0.6) is 0 Å². The quantitative estimate of drug-likeness (QED) is 0.808. The second-order valence-corrected chi connectivity index (χ2v) is 7.61. The van der Waals surface area contributed by atoms with Crippen molar-refractivity contribution in [3.63, 3.8) is 0 Å². The molecule has 6 nitrogen and oxygen atoms in total. The summed E-state index contributed by atoms with van der Waals surface area (Å²) in [6.07, 6.45) is 0. The van der Waals surface area contributed by atoms with E-state index in [2.05, 4.69) is 0 Å². The molecule has 10 heteroatoms. The van der Waals surface area contributed by atoms with E-state index >= 15 is 0 Å². The summed E-state index contributed by atoms with van der Waals surface area (Å²) >= 11 is 5.63. The summed E-state index contributed by atoms with van der Waals surface area (Å²) in [4.78, 5) is -1.22. The molecule has 2 aromatic carbocycles. The van der Waals surface area contributed by atoms with Crippen LogP contribution in [0.4, 0.5) is 4.39 Å². The Kier molecular flexibility index (Phi) is 4.28. The van der Waals surface area contributed by atoms with Gasteiger partial charge in [-0.15, -0.1) is 0 Å². The van der Waals surface area contributed by atoms with E-state index in [0.29, 0.717) is 0 Å². The lowest BCUT2D eigenvalue weighted by Crippen LogP contribution is -2.15. The van der Waals surface area contributed by atoms with Crippen LogP contribution in [0.3, 0.4) is 0 Å². The Bertz CT molecular complexity index is 907. The van der Waals surface area contributed by atoms with E-state index in [-0.39, 0.29) is 16.1 Å². The van der Waals surface area contributed by atoms with Crippen molar-refractivity contribution in [1.82, 2.24) is 0 Å². The highest BCUT2D eigenvalue weighted by atomic mass is 35.5. The van der Waals surface area contributed by atoms with Gasteiger partial charge >= 0.3 is 0 Å². The van der Waals surface area contributed by atoms with Crippen LogP contribution in [-0.2, 0) is 20.1 Å². The topological polar surface area (TPSA) is 115 Å². The molecule has 0 spiro atoms. The van der Waals surface area contributed by atoms with E-state index in [0.717, 1.165) is 36.4 Å². The van der Waals surface area contributed by atoms with E-state index in [4.69, 9.17) is 16.7 Å². The molecule has 0 saturated carbocycles. The van der Waals surface area contributed by atoms with E-state index in [9.17, 15) is 25.8 Å². The first-order valence-corrected chi connectivity index (χ1v) is 8.97. The van der Waals surface area contributed by atoms with Gasteiger partial charge in [-0.05, 0) is 29.8 Å². The second kappa shape index (κ2) is 5.60. The van der Waals surface area contributed by atoms with Crippen LogP contribution in [0.25, 0.3) is 11.1 Å². The molecule has 22 heavy (non-hydrogen) atoms. The largest absolute Gasteiger partial charge is 0.295 e. The van der Waals surface area contributed by atoms with Gasteiger partial charge in [0, 0.05) is 5.56 Å². The van der Waals surface area contributed by atoms with Crippen LogP contribution in [0.15, 0.2) is 46.2 Å². The molecular formula is C12H9ClFNO5S2. The summed E-state index contributed by atoms with van der Waals surface area (Å²) in [6, 6.07) is 6.27. The fourth-order valence-corrected chi connectivity index (χ4v) is 3.66. The highest BCUT2D eigenvalue weighted by molar-refractivity contribution is 7.89. The number of nitrogens with two attached hydrogens (primary N) is 1. The van der Waals surface area contributed by atoms with Crippen LogP contribution >= 0.6 is 11.6 Å². The molecule has 0 aliphatic rings. The molecule has 0 amide bonds. The normalized spacial score (nSPS) is 12.4. The maximum absolute atomic E-state index is 13.2. The molecule has 0 aliphatic heterocycles. The number of hydrogen-bond donors (Lipinski definition) is 2. The van der Waals surface area contributed by atoms with Crippen LogP contribution in [0.2, 0.25) is 5.02 Å². The van der Waals surface area contributed by atoms with Gasteiger partial charge < -0.3 is 0 Å². The van der Waals surface area contributed by atoms with Gasteiger partial charge in [0.15, 0.2) is 0 Å². The first-order valence-electron chi connectivity index (χ1n) is 5.60. The van der Waals surface area contributed by atoms with Crippen molar-refractivity contribution in [1.29, 1.82) is 0 Å². The van der Waals surface area contributed by atoms with E-state index in [1.165, 1.54) is 0 Å². The lowest BCUT2D eigenvalue weighted by molar-refractivity contribution is 0.483. The van der Waals surface area contributed by atoms with E-state index in [1.54, 1.807) is 0 Å². The summed E-state index contributed by atoms with van der Waals surface area (Å²) in [6.45, 7) is 0. The Morgan fingerprint density at radius 2 is 1.64 bits per heavy atom. The molecule has 0 fully saturated rings. The van der Waals surface area contributed by atoms with Gasteiger partial charge in [-0.3, -0.25) is 4.55 Å². The number of sulfonamides is 1. The summed E-state index contributed by atoms with van der Waals surface area (Å²) in [7, 11) is -9.04. The van der Waals surface area contributed by atoms with Crippen LogP contribution < -0.4 is 5.14 Å². The number of hydrogen-bond acceptors (Lipinski definition) is 4. The molecular weight excluding hydrogens is 357 g/mol. The summed E-state index contributed by atoms with van der Waals surface area (Å²) in [5.41, 5.74) is -0.405. The number of halogens is 2. The van der Waals surface area contributed by atoms with Crippen molar-refractivity contribution in [2.45, 2.75) is 9.79 Å². The lowest BCUT2D eigenvalue weighted by atomic mass is 10.1. The Balaban J connectivity index is 2.96. The molecule has 0 unspecified atom stereocenters. The Morgan fingerprint density at radius 3 is 2.14 bits per heavy atom. The smallest absolute Gasteiger partial charge is 0.282 e. The van der Waals surface area contributed by atoms with Gasteiger partial charge in [0.1, 0.15) is 10.7 Å².